The lowest BCUT2D eigenvalue weighted by Gasteiger charge is -2.31. The molecule has 0 aromatic heterocycles. The SMILES string of the molecule is CC1CCN(c2ccc(C(=O)NCC3CCCO3)cc2[N+](=O)[O-])CC1. The first-order chi connectivity index (χ1) is 12.0. The number of nitro benzene ring substituents is 1. The quantitative estimate of drug-likeness (QED) is 0.654. The third-order valence-electron chi connectivity index (χ3n) is 5.07. The van der Waals surface area contributed by atoms with E-state index < -0.39 is 4.92 Å². The second-order valence-corrected chi connectivity index (χ2v) is 6.98. The number of benzene rings is 1. The van der Waals surface area contributed by atoms with Gasteiger partial charge in [-0.25, -0.2) is 0 Å². The molecular weight excluding hydrogens is 322 g/mol. The maximum absolute atomic E-state index is 12.3. The number of carbonyl (C=O) groups is 1. The summed E-state index contributed by atoms with van der Waals surface area (Å²) in [5.74, 6) is 0.357. The van der Waals surface area contributed by atoms with E-state index in [-0.39, 0.29) is 17.7 Å². The van der Waals surface area contributed by atoms with Gasteiger partial charge in [0.1, 0.15) is 5.69 Å². The largest absolute Gasteiger partial charge is 0.376 e. The van der Waals surface area contributed by atoms with Crippen LogP contribution in [-0.4, -0.2) is 43.2 Å². The van der Waals surface area contributed by atoms with Crippen molar-refractivity contribution in [3.8, 4) is 0 Å². The molecule has 1 amide bonds. The van der Waals surface area contributed by atoms with Crippen LogP contribution in [0.25, 0.3) is 0 Å². The van der Waals surface area contributed by atoms with Gasteiger partial charge >= 0.3 is 0 Å². The predicted octanol–water partition coefficient (Wildman–Crippen LogP) is 2.74. The molecule has 136 valence electrons. The Balaban J connectivity index is 1.71. The zero-order valence-electron chi connectivity index (χ0n) is 14.6. The molecule has 2 saturated heterocycles. The van der Waals surface area contributed by atoms with E-state index in [1.54, 1.807) is 12.1 Å². The molecule has 1 aromatic rings. The van der Waals surface area contributed by atoms with Gasteiger partial charge in [-0.2, -0.15) is 0 Å². The lowest BCUT2D eigenvalue weighted by atomic mass is 9.98. The second-order valence-electron chi connectivity index (χ2n) is 6.98. The first-order valence-electron chi connectivity index (χ1n) is 8.98. The van der Waals surface area contributed by atoms with Gasteiger partial charge in [0.05, 0.1) is 11.0 Å². The Hall–Kier alpha value is -2.15. The zero-order chi connectivity index (χ0) is 17.8. The topological polar surface area (TPSA) is 84.7 Å². The average Bonchev–Trinajstić information content (AvgIpc) is 3.13. The molecule has 0 aliphatic carbocycles. The van der Waals surface area contributed by atoms with Crippen LogP contribution in [0.3, 0.4) is 0 Å². The minimum atomic E-state index is -0.399. The van der Waals surface area contributed by atoms with Crippen molar-refractivity contribution < 1.29 is 14.5 Å². The summed E-state index contributed by atoms with van der Waals surface area (Å²) in [5, 5.41) is 14.3. The minimum absolute atomic E-state index is 0.000630. The standard InChI is InChI=1S/C18H25N3O4/c1-13-6-8-20(9-7-13)16-5-4-14(11-17(16)21(23)24)18(22)19-12-15-3-2-10-25-15/h4-5,11,13,15H,2-3,6-10,12H2,1H3,(H,19,22). The smallest absolute Gasteiger partial charge is 0.293 e. The van der Waals surface area contributed by atoms with Crippen LogP contribution in [0.5, 0.6) is 0 Å². The number of amides is 1. The van der Waals surface area contributed by atoms with Crippen LogP contribution < -0.4 is 10.2 Å². The molecule has 25 heavy (non-hydrogen) atoms. The molecule has 0 bridgehead atoms. The Labute approximate surface area is 147 Å². The van der Waals surface area contributed by atoms with E-state index in [0.717, 1.165) is 45.4 Å². The van der Waals surface area contributed by atoms with Gasteiger partial charge in [-0.3, -0.25) is 14.9 Å². The van der Waals surface area contributed by atoms with E-state index in [1.165, 1.54) is 6.07 Å². The molecule has 0 saturated carbocycles. The van der Waals surface area contributed by atoms with Gasteiger partial charge < -0.3 is 15.0 Å². The number of hydrogen-bond acceptors (Lipinski definition) is 5. The van der Waals surface area contributed by atoms with E-state index in [0.29, 0.717) is 23.7 Å². The maximum Gasteiger partial charge on any atom is 0.293 e. The van der Waals surface area contributed by atoms with Crippen LogP contribution in [0.2, 0.25) is 0 Å². The van der Waals surface area contributed by atoms with Crippen molar-refractivity contribution in [2.75, 3.05) is 31.1 Å². The van der Waals surface area contributed by atoms with Crippen LogP contribution in [0, 0.1) is 16.0 Å². The van der Waals surface area contributed by atoms with Crippen molar-refractivity contribution >= 4 is 17.3 Å². The molecule has 7 nitrogen and oxygen atoms in total. The van der Waals surface area contributed by atoms with Crippen molar-refractivity contribution in [3.63, 3.8) is 0 Å². The first kappa shape index (κ1) is 17.7. The van der Waals surface area contributed by atoms with Crippen LogP contribution in [0.4, 0.5) is 11.4 Å². The van der Waals surface area contributed by atoms with Gasteiger partial charge in [0.15, 0.2) is 0 Å². The lowest BCUT2D eigenvalue weighted by Crippen LogP contribution is -2.33. The summed E-state index contributed by atoms with van der Waals surface area (Å²) in [6.07, 6.45) is 4.05. The highest BCUT2D eigenvalue weighted by Crippen LogP contribution is 2.32. The average molecular weight is 347 g/mol. The number of piperidine rings is 1. The molecule has 2 aliphatic rings. The number of anilines is 1. The summed E-state index contributed by atoms with van der Waals surface area (Å²) in [4.78, 5) is 25.5. The molecule has 1 atom stereocenters. The highest BCUT2D eigenvalue weighted by molar-refractivity contribution is 5.95. The fourth-order valence-electron chi connectivity index (χ4n) is 3.44. The van der Waals surface area contributed by atoms with Crippen LogP contribution >= 0.6 is 0 Å². The molecule has 0 spiro atoms. The minimum Gasteiger partial charge on any atom is -0.376 e. The number of rotatable bonds is 5. The number of hydrogen-bond donors (Lipinski definition) is 1. The summed E-state index contributed by atoms with van der Waals surface area (Å²) < 4.78 is 5.48. The molecule has 2 aliphatic heterocycles. The third-order valence-corrected chi connectivity index (χ3v) is 5.07. The van der Waals surface area contributed by atoms with Crippen molar-refractivity contribution in [1.82, 2.24) is 5.32 Å². The normalized spacial score (nSPS) is 21.3. The van der Waals surface area contributed by atoms with Gasteiger partial charge in [-0.1, -0.05) is 6.92 Å². The van der Waals surface area contributed by atoms with Crippen molar-refractivity contribution in [2.45, 2.75) is 38.7 Å². The molecule has 2 fully saturated rings. The first-order valence-corrected chi connectivity index (χ1v) is 8.98. The van der Waals surface area contributed by atoms with Crippen LogP contribution in [-0.2, 0) is 4.74 Å². The van der Waals surface area contributed by atoms with Crippen LogP contribution in [0.1, 0.15) is 43.0 Å². The lowest BCUT2D eigenvalue weighted by molar-refractivity contribution is -0.384. The molecule has 1 aromatic carbocycles. The Kier molecular flexibility index (Phi) is 5.53. The second kappa shape index (κ2) is 7.82. The van der Waals surface area contributed by atoms with Crippen molar-refractivity contribution in [2.24, 2.45) is 5.92 Å². The highest BCUT2D eigenvalue weighted by Gasteiger charge is 2.25. The fraction of sp³-hybridized carbons (Fsp3) is 0.611. The maximum atomic E-state index is 12.3. The Morgan fingerprint density at radius 3 is 2.76 bits per heavy atom. The van der Waals surface area contributed by atoms with Crippen molar-refractivity contribution in [3.05, 3.63) is 33.9 Å². The van der Waals surface area contributed by atoms with E-state index in [4.69, 9.17) is 4.74 Å². The van der Waals surface area contributed by atoms with Gasteiger partial charge in [-0.15, -0.1) is 0 Å². The van der Waals surface area contributed by atoms with Crippen molar-refractivity contribution in [1.29, 1.82) is 0 Å². The van der Waals surface area contributed by atoms with Gasteiger partial charge in [0, 0.05) is 37.9 Å². The number of nitrogens with zero attached hydrogens (tertiary/aromatic N) is 2. The summed E-state index contributed by atoms with van der Waals surface area (Å²) in [6, 6.07) is 4.76. The van der Waals surface area contributed by atoms with E-state index in [9.17, 15) is 14.9 Å². The number of carbonyl (C=O) groups excluding carboxylic acids is 1. The fourth-order valence-corrected chi connectivity index (χ4v) is 3.44. The van der Waals surface area contributed by atoms with Gasteiger partial charge in [-0.05, 0) is 43.7 Å². The van der Waals surface area contributed by atoms with E-state index >= 15 is 0 Å². The van der Waals surface area contributed by atoms with E-state index in [2.05, 4.69) is 12.2 Å². The summed E-state index contributed by atoms with van der Waals surface area (Å²) >= 11 is 0. The Morgan fingerprint density at radius 1 is 1.36 bits per heavy atom. The van der Waals surface area contributed by atoms with Gasteiger partial charge in [0.25, 0.3) is 11.6 Å². The Morgan fingerprint density at radius 2 is 2.12 bits per heavy atom. The van der Waals surface area contributed by atoms with Crippen LogP contribution in [0.15, 0.2) is 18.2 Å². The van der Waals surface area contributed by atoms with Gasteiger partial charge in [0.2, 0.25) is 0 Å². The van der Waals surface area contributed by atoms with E-state index in [1.807, 2.05) is 4.90 Å². The monoisotopic (exact) mass is 347 g/mol. The molecule has 3 rings (SSSR count). The molecular formula is C18H25N3O4. The number of nitro groups is 1. The molecule has 0 radical (unpaired) electrons. The molecule has 2 heterocycles. The number of ether oxygens (including phenoxy) is 1. The number of nitrogens with one attached hydrogen (secondary N) is 1. The molecule has 1 unspecified atom stereocenters. The predicted molar refractivity (Wildman–Crippen MR) is 95.0 cm³/mol. The summed E-state index contributed by atoms with van der Waals surface area (Å²) in [7, 11) is 0. The summed E-state index contributed by atoms with van der Waals surface area (Å²) in [6.45, 7) is 5.00. The Bertz CT molecular complexity index is 635. The third kappa shape index (κ3) is 4.28. The zero-order valence-corrected chi connectivity index (χ0v) is 14.6. The molecule has 7 heteroatoms. The highest BCUT2D eigenvalue weighted by atomic mass is 16.6. The molecule has 1 N–H and O–H groups in total. The summed E-state index contributed by atoms with van der Waals surface area (Å²) in [5.41, 5.74) is 0.922.